The van der Waals surface area contributed by atoms with Crippen LogP contribution in [0.15, 0.2) is 18.2 Å². The fourth-order valence-electron chi connectivity index (χ4n) is 1.75. The van der Waals surface area contributed by atoms with Gasteiger partial charge in [0.1, 0.15) is 0 Å². The first-order chi connectivity index (χ1) is 6.98. The van der Waals surface area contributed by atoms with E-state index in [4.69, 9.17) is 0 Å². The number of benzene rings is 1. The van der Waals surface area contributed by atoms with Crippen molar-refractivity contribution in [1.82, 2.24) is 4.72 Å². The molecule has 1 aliphatic heterocycles. The minimum atomic E-state index is -3.08. The molecule has 0 unspecified atom stereocenters. The maximum Gasteiger partial charge on any atom is 0.216 e. The SMILES string of the molecule is CC(C)c1ccc2c(c1)CNS(=O)(=O)C2. The van der Waals surface area contributed by atoms with Crippen molar-refractivity contribution < 1.29 is 8.42 Å². The molecule has 0 fully saturated rings. The van der Waals surface area contributed by atoms with Crippen molar-refractivity contribution in [3.8, 4) is 0 Å². The molecular formula is C11H15NO2S. The van der Waals surface area contributed by atoms with Gasteiger partial charge in [-0.05, 0) is 22.6 Å². The molecule has 0 aromatic heterocycles. The van der Waals surface area contributed by atoms with E-state index in [2.05, 4.69) is 24.6 Å². The Morgan fingerprint density at radius 1 is 1.27 bits per heavy atom. The Balaban J connectivity index is 2.41. The molecular weight excluding hydrogens is 210 g/mol. The first-order valence-corrected chi connectivity index (χ1v) is 6.72. The van der Waals surface area contributed by atoms with Crippen molar-refractivity contribution in [3.05, 3.63) is 34.9 Å². The molecule has 0 bridgehead atoms. The van der Waals surface area contributed by atoms with E-state index in [-0.39, 0.29) is 5.75 Å². The Morgan fingerprint density at radius 2 is 2.00 bits per heavy atom. The highest BCUT2D eigenvalue weighted by Gasteiger charge is 2.20. The van der Waals surface area contributed by atoms with Crippen molar-refractivity contribution >= 4 is 10.0 Å². The Kier molecular flexibility index (Phi) is 2.56. The molecule has 0 spiro atoms. The average molecular weight is 225 g/mol. The van der Waals surface area contributed by atoms with Crippen molar-refractivity contribution in [2.45, 2.75) is 32.1 Å². The van der Waals surface area contributed by atoms with E-state index < -0.39 is 10.0 Å². The molecule has 3 nitrogen and oxygen atoms in total. The van der Waals surface area contributed by atoms with E-state index in [1.165, 1.54) is 5.56 Å². The fourth-order valence-corrected chi connectivity index (χ4v) is 2.92. The fraction of sp³-hybridized carbons (Fsp3) is 0.455. The zero-order chi connectivity index (χ0) is 11.1. The maximum atomic E-state index is 11.3. The van der Waals surface area contributed by atoms with E-state index >= 15 is 0 Å². The van der Waals surface area contributed by atoms with E-state index in [1.807, 2.05) is 12.1 Å². The summed E-state index contributed by atoms with van der Waals surface area (Å²) in [5, 5.41) is 0. The lowest BCUT2D eigenvalue weighted by molar-refractivity contribution is 0.575. The van der Waals surface area contributed by atoms with E-state index in [0.717, 1.165) is 11.1 Å². The quantitative estimate of drug-likeness (QED) is 0.791. The Hall–Kier alpha value is -0.870. The predicted molar refractivity (Wildman–Crippen MR) is 60.0 cm³/mol. The summed E-state index contributed by atoms with van der Waals surface area (Å²) in [6, 6.07) is 6.05. The standard InChI is InChI=1S/C11H15NO2S/c1-8(2)9-3-4-10-7-15(13,14)12-6-11(10)5-9/h3-5,8,12H,6-7H2,1-2H3. The summed E-state index contributed by atoms with van der Waals surface area (Å²) < 4.78 is 25.2. The van der Waals surface area contributed by atoms with Crippen LogP contribution in [0.2, 0.25) is 0 Å². The molecule has 1 aliphatic rings. The third-order valence-electron chi connectivity index (χ3n) is 2.73. The van der Waals surface area contributed by atoms with Crippen LogP contribution in [0.1, 0.15) is 36.5 Å². The van der Waals surface area contributed by atoms with Crippen LogP contribution in [0, 0.1) is 0 Å². The Labute approximate surface area is 90.6 Å². The Morgan fingerprint density at radius 3 is 2.67 bits per heavy atom. The zero-order valence-electron chi connectivity index (χ0n) is 8.95. The van der Waals surface area contributed by atoms with Gasteiger partial charge in [0.15, 0.2) is 0 Å². The lowest BCUT2D eigenvalue weighted by Crippen LogP contribution is -2.30. The predicted octanol–water partition coefficient (Wildman–Crippen LogP) is 1.74. The molecule has 1 aromatic carbocycles. The average Bonchev–Trinajstić information content (AvgIpc) is 2.15. The summed E-state index contributed by atoms with van der Waals surface area (Å²) in [7, 11) is -3.08. The third-order valence-corrected chi connectivity index (χ3v) is 4.00. The molecule has 1 aromatic rings. The first kappa shape index (κ1) is 10.6. The summed E-state index contributed by atoms with van der Waals surface area (Å²) in [6.07, 6.45) is 0. The summed E-state index contributed by atoms with van der Waals surface area (Å²) in [5.41, 5.74) is 3.30. The maximum absolute atomic E-state index is 11.3. The van der Waals surface area contributed by atoms with Gasteiger partial charge in [-0.25, -0.2) is 13.1 Å². The van der Waals surface area contributed by atoms with E-state index in [1.54, 1.807) is 0 Å². The van der Waals surface area contributed by atoms with Crippen LogP contribution in [0.4, 0.5) is 0 Å². The van der Waals surface area contributed by atoms with Gasteiger partial charge in [-0.2, -0.15) is 0 Å². The molecule has 82 valence electrons. The van der Waals surface area contributed by atoms with Crippen molar-refractivity contribution in [3.63, 3.8) is 0 Å². The van der Waals surface area contributed by atoms with Gasteiger partial charge in [-0.15, -0.1) is 0 Å². The number of fused-ring (bicyclic) bond motifs is 1. The van der Waals surface area contributed by atoms with Crippen LogP contribution in [0.3, 0.4) is 0 Å². The van der Waals surface area contributed by atoms with Gasteiger partial charge in [0.25, 0.3) is 0 Å². The second kappa shape index (κ2) is 3.61. The third kappa shape index (κ3) is 2.21. The van der Waals surface area contributed by atoms with Gasteiger partial charge in [0.2, 0.25) is 10.0 Å². The monoisotopic (exact) mass is 225 g/mol. The molecule has 1 heterocycles. The molecule has 0 saturated heterocycles. The number of sulfonamides is 1. The van der Waals surface area contributed by atoms with Gasteiger partial charge < -0.3 is 0 Å². The van der Waals surface area contributed by atoms with Gasteiger partial charge in [0, 0.05) is 6.54 Å². The summed E-state index contributed by atoms with van der Waals surface area (Å²) >= 11 is 0. The minimum Gasteiger partial charge on any atom is -0.212 e. The number of rotatable bonds is 1. The van der Waals surface area contributed by atoms with Gasteiger partial charge >= 0.3 is 0 Å². The lowest BCUT2D eigenvalue weighted by Gasteiger charge is -2.19. The minimum absolute atomic E-state index is 0.112. The summed E-state index contributed by atoms with van der Waals surface area (Å²) in [4.78, 5) is 0. The molecule has 0 radical (unpaired) electrons. The van der Waals surface area contributed by atoms with Crippen LogP contribution >= 0.6 is 0 Å². The molecule has 0 saturated carbocycles. The summed E-state index contributed by atoms with van der Waals surface area (Å²) in [6.45, 7) is 4.70. The van der Waals surface area contributed by atoms with Crippen molar-refractivity contribution in [2.24, 2.45) is 0 Å². The molecule has 1 N–H and O–H groups in total. The molecule has 0 amide bonds. The normalized spacial score (nSPS) is 18.9. The largest absolute Gasteiger partial charge is 0.216 e. The highest BCUT2D eigenvalue weighted by Crippen LogP contribution is 2.22. The smallest absolute Gasteiger partial charge is 0.212 e. The Bertz CT molecular complexity index is 477. The highest BCUT2D eigenvalue weighted by molar-refractivity contribution is 7.88. The summed E-state index contributed by atoms with van der Waals surface area (Å²) in [5.74, 6) is 0.592. The molecule has 4 heteroatoms. The first-order valence-electron chi connectivity index (χ1n) is 5.07. The molecule has 15 heavy (non-hydrogen) atoms. The van der Waals surface area contributed by atoms with E-state index in [9.17, 15) is 8.42 Å². The zero-order valence-corrected chi connectivity index (χ0v) is 9.76. The number of hydrogen-bond acceptors (Lipinski definition) is 2. The van der Waals surface area contributed by atoms with Crippen molar-refractivity contribution in [2.75, 3.05) is 0 Å². The van der Waals surface area contributed by atoms with Crippen LogP contribution in [-0.2, 0) is 22.3 Å². The van der Waals surface area contributed by atoms with Crippen LogP contribution in [0.25, 0.3) is 0 Å². The van der Waals surface area contributed by atoms with Gasteiger partial charge in [-0.3, -0.25) is 0 Å². The number of hydrogen-bond donors (Lipinski definition) is 1. The number of nitrogens with one attached hydrogen (secondary N) is 1. The second-order valence-corrected chi connectivity index (χ2v) is 6.07. The lowest BCUT2D eigenvalue weighted by atomic mass is 9.98. The van der Waals surface area contributed by atoms with Crippen LogP contribution in [-0.4, -0.2) is 8.42 Å². The van der Waals surface area contributed by atoms with Gasteiger partial charge in [0.05, 0.1) is 5.75 Å². The molecule has 0 atom stereocenters. The second-order valence-electron chi connectivity index (χ2n) is 4.26. The molecule has 0 aliphatic carbocycles. The van der Waals surface area contributed by atoms with E-state index in [0.29, 0.717) is 12.5 Å². The van der Waals surface area contributed by atoms with Gasteiger partial charge in [-0.1, -0.05) is 32.0 Å². The molecule has 2 rings (SSSR count). The van der Waals surface area contributed by atoms with Crippen LogP contribution < -0.4 is 4.72 Å². The topological polar surface area (TPSA) is 46.2 Å². The van der Waals surface area contributed by atoms with Crippen LogP contribution in [0.5, 0.6) is 0 Å². The highest BCUT2D eigenvalue weighted by atomic mass is 32.2. The van der Waals surface area contributed by atoms with Crippen molar-refractivity contribution in [1.29, 1.82) is 0 Å².